The smallest absolute Gasteiger partial charge is 0.264 e. The van der Waals surface area contributed by atoms with E-state index in [0.29, 0.717) is 6.42 Å². The number of rotatable bonds is 3. The van der Waals surface area contributed by atoms with Crippen LogP contribution in [0, 0.1) is 0 Å². The number of hydrogen-bond acceptors (Lipinski definition) is 3. The SMILES string of the molecule is CC(N)CCS(=O)(=O)O. The lowest BCUT2D eigenvalue weighted by atomic mass is 10.3. The fourth-order valence-corrected chi connectivity index (χ4v) is 1.00. The second-order valence-electron chi connectivity index (χ2n) is 2.05. The van der Waals surface area contributed by atoms with Crippen LogP contribution in [0.15, 0.2) is 0 Å². The molecule has 56 valence electrons. The highest BCUT2D eigenvalue weighted by Gasteiger charge is 2.04. The molecule has 1 unspecified atom stereocenters. The minimum Gasteiger partial charge on any atom is -0.328 e. The van der Waals surface area contributed by atoms with E-state index in [4.69, 9.17) is 10.3 Å². The summed E-state index contributed by atoms with van der Waals surface area (Å²) in [6.45, 7) is 1.69. The zero-order chi connectivity index (χ0) is 7.49. The van der Waals surface area contributed by atoms with E-state index in [1.165, 1.54) is 0 Å². The van der Waals surface area contributed by atoms with Crippen LogP contribution in [0.4, 0.5) is 0 Å². The van der Waals surface area contributed by atoms with E-state index in [0.717, 1.165) is 0 Å². The Morgan fingerprint density at radius 2 is 2.11 bits per heavy atom. The predicted molar refractivity (Wildman–Crippen MR) is 34.7 cm³/mol. The van der Waals surface area contributed by atoms with Gasteiger partial charge in [0, 0.05) is 6.04 Å². The molecule has 0 amide bonds. The van der Waals surface area contributed by atoms with Gasteiger partial charge in [-0.2, -0.15) is 8.42 Å². The first-order valence-electron chi connectivity index (χ1n) is 2.62. The van der Waals surface area contributed by atoms with Gasteiger partial charge in [0.25, 0.3) is 10.1 Å². The zero-order valence-electron chi connectivity index (χ0n) is 5.24. The van der Waals surface area contributed by atoms with E-state index in [-0.39, 0.29) is 11.8 Å². The van der Waals surface area contributed by atoms with Crippen LogP contribution in [0.5, 0.6) is 0 Å². The highest BCUT2D eigenvalue weighted by Crippen LogP contribution is 1.90. The third-order valence-corrected chi connectivity index (χ3v) is 1.58. The molecule has 4 nitrogen and oxygen atoms in total. The van der Waals surface area contributed by atoms with Gasteiger partial charge in [0.2, 0.25) is 0 Å². The summed E-state index contributed by atoms with van der Waals surface area (Å²) >= 11 is 0. The van der Waals surface area contributed by atoms with Gasteiger partial charge in [-0.1, -0.05) is 0 Å². The first-order chi connectivity index (χ1) is 3.92. The molecule has 0 aromatic rings. The van der Waals surface area contributed by atoms with E-state index in [2.05, 4.69) is 0 Å². The van der Waals surface area contributed by atoms with Crippen molar-refractivity contribution in [3.63, 3.8) is 0 Å². The molecule has 0 aliphatic carbocycles. The summed E-state index contributed by atoms with van der Waals surface area (Å²) in [5.41, 5.74) is 5.22. The second kappa shape index (κ2) is 3.14. The first kappa shape index (κ1) is 8.87. The fourth-order valence-electron chi connectivity index (χ4n) is 0.335. The van der Waals surface area contributed by atoms with Crippen molar-refractivity contribution in [3.05, 3.63) is 0 Å². The Hall–Kier alpha value is -0.130. The molecular formula is C4H11NO3S. The zero-order valence-corrected chi connectivity index (χ0v) is 6.06. The van der Waals surface area contributed by atoms with Gasteiger partial charge in [0.15, 0.2) is 0 Å². The Bertz CT molecular complexity index is 161. The van der Waals surface area contributed by atoms with Crippen LogP contribution >= 0.6 is 0 Å². The summed E-state index contributed by atoms with van der Waals surface area (Å²) < 4.78 is 28.3. The van der Waals surface area contributed by atoms with E-state index >= 15 is 0 Å². The Kier molecular flexibility index (Phi) is 3.10. The summed E-state index contributed by atoms with van der Waals surface area (Å²) in [5, 5.41) is 0. The summed E-state index contributed by atoms with van der Waals surface area (Å²) in [6, 6.07) is -0.174. The Morgan fingerprint density at radius 3 is 2.22 bits per heavy atom. The monoisotopic (exact) mass is 153 g/mol. The molecule has 0 rings (SSSR count). The highest BCUT2D eigenvalue weighted by atomic mass is 32.2. The molecule has 0 saturated heterocycles. The molecule has 0 fully saturated rings. The standard InChI is InChI=1S/C4H11NO3S/c1-4(5)2-3-9(6,7)8/h4H,2-3,5H2,1H3,(H,6,7,8). The van der Waals surface area contributed by atoms with E-state index in [9.17, 15) is 8.42 Å². The second-order valence-corrected chi connectivity index (χ2v) is 3.62. The molecule has 0 aliphatic rings. The lowest BCUT2D eigenvalue weighted by Crippen LogP contribution is -2.19. The van der Waals surface area contributed by atoms with E-state index in [1.54, 1.807) is 6.92 Å². The van der Waals surface area contributed by atoms with Crippen LogP contribution in [-0.4, -0.2) is 24.8 Å². The summed E-state index contributed by atoms with van der Waals surface area (Å²) in [6.07, 6.45) is 0.304. The maximum Gasteiger partial charge on any atom is 0.264 e. The van der Waals surface area contributed by atoms with Crippen LogP contribution in [0.1, 0.15) is 13.3 Å². The lowest BCUT2D eigenvalue weighted by molar-refractivity contribution is 0.478. The van der Waals surface area contributed by atoms with Crippen LogP contribution in [0.3, 0.4) is 0 Å². The molecule has 3 N–H and O–H groups in total. The Labute approximate surface area is 54.8 Å². The molecule has 9 heavy (non-hydrogen) atoms. The van der Waals surface area contributed by atoms with Crippen molar-refractivity contribution < 1.29 is 13.0 Å². The largest absolute Gasteiger partial charge is 0.328 e. The minimum absolute atomic E-state index is 0.174. The van der Waals surface area contributed by atoms with Crippen molar-refractivity contribution in [2.45, 2.75) is 19.4 Å². The van der Waals surface area contributed by atoms with Crippen LogP contribution < -0.4 is 5.73 Å². The molecule has 1 atom stereocenters. The third kappa shape index (κ3) is 7.87. The summed E-state index contributed by atoms with van der Waals surface area (Å²) in [7, 11) is -3.80. The molecule has 0 aromatic heterocycles. The van der Waals surface area contributed by atoms with Crippen molar-refractivity contribution in [3.8, 4) is 0 Å². The molecule has 0 radical (unpaired) electrons. The maximum atomic E-state index is 10.0. The van der Waals surface area contributed by atoms with Gasteiger partial charge in [0.05, 0.1) is 5.75 Å². The van der Waals surface area contributed by atoms with Crippen molar-refractivity contribution in [2.24, 2.45) is 5.73 Å². The van der Waals surface area contributed by atoms with Gasteiger partial charge < -0.3 is 5.73 Å². The quantitative estimate of drug-likeness (QED) is 0.541. The normalized spacial score (nSPS) is 15.4. The van der Waals surface area contributed by atoms with Crippen LogP contribution in [-0.2, 0) is 10.1 Å². The van der Waals surface area contributed by atoms with Gasteiger partial charge in [-0.05, 0) is 13.3 Å². The topological polar surface area (TPSA) is 80.4 Å². The van der Waals surface area contributed by atoms with E-state index < -0.39 is 10.1 Å². The van der Waals surface area contributed by atoms with Gasteiger partial charge in [0.1, 0.15) is 0 Å². The molecular weight excluding hydrogens is 142 g/mol. The van der Waals surface area contributed by atoms with Crippen molar-refractivity contribution >= 4 is 10.1 Å². The molecule has 0 saturated carbocycles. The average molecular weight is 153 g/mol. The molecule has 0 aromatic carbocycles. The van der Waals surface area contributed by atoms with E-state index in [1.807, 2.05) is 0 Å². The molecule has 0 aliphatic heterocycles. The maximum absolute atomic E-state index is 10.0. The Morgan fingerprint density at radius 1 is 1.67 bits per heavy atom. The molecule has 0 spiro atoms. The van der Waals surface area contributed by atoms with Gasteiger partial charge in [-0.3, -0.25) is 4.55 Å². The predicted octanol–water partition coefficient (Wildman–Crippen LogP) is -0.388. The highest BCUT2D eigenvalue weighted by molar-refractivity contribution is 7.85. The lowest BCUT2D eigenvalue weighted by Gasteiger charge is -2.00. The molecule has 0 heterocycles. The van der Waals surface area contributed by atoms with Gasteiger partial charge in [-0.15, -0.1) is 0 Å². The first-order valence-corrected chi connectivity index (χ1v) is 4.23. The Balaban J connectivity index is 3.53. The van der Waals surface area contributed by atoms with Crippen molar-refractivity contribution in [1.29, 1.82) is 0 Å². The number of hydrogen-bond donors (Lipinski definition) is 2. The number of nitrogens with two attached hydrogens (primary N) is 1. The summed E-state index contributed by atoms with van der Waals surface area (Å²) in [5.74, 6) is -0.245. The molecule has 5 heteroatoms. The fraction of sp³-hybridized carbons (Fsp3) is 1.00. The summed E-state index contributed by atoms with van der Waals surface area (Å²) in [4.78, 5) is 0. The molecule has 0 bridgehead atoms. The van der Waals surface area contributed by atoms with Gasteiger partial charge >= 0.3 is 0 Å². The van der Waals surface area contributed by atoms with Crippen molar-refractivity contribution in [2.75, 3.05) is 5.75 Å². The average Bonchev–Trinajstić information content (AvgIpc) is 1.59. The third-order valence-electron chi connectivity index (χ3n) is 0.831. The minimum atomic E-state index is -3.80. The van der Waals surface area contributed by atoms with Crippen molar-refractivity contribution in [1.82, 2.24) is 0 Å². The van der Waals surface area contributed by atoms with Crippen LogP contribution in [0.2, 0.25) is 0 Å². The van der Waals surface area contributed by atoms with Crippen LogP contribution in [0.25, 0.3) is 0 Å². The van der Waals surface area contributed by atoms with Gasteiger partial charge in [-0.25, -0.2) is 0 Å².